The second kappa shape index (κ2) is 6.55. The third kappa shape index (κ3) is 3.47. The number of methoxy groups -OCH3 is 2. The van der Waals surface area contributed by atoms with Crippen LogP contribution in [-0.2, 0) is 4.74 Å². The predicted molar refractivity (Wildman–Crippen MR) is 98.8 cm³/mol. The molecule has 140 valence electrons. The molecule has 1 saturated carbocycles. The number of carbonyl (C=O) groups excluding carboxylic acids is 1. The van der Waals surface area contributed by atoms with E-state index >= 15 is 0 Å². The average molecular weight is 359 g/mol. The predicted octanol–water partition coefficient (Wildman–Crippen LogP) is 3.81. The van der Waals surface area contributed by atoms with Crippen LogP contribution in [0.3, 0.4) is 0 Å². The highest BCUT2D eigenvalue weighted by Gasteiger charge is 2.35. The molecule has 26 heavy (non-hydrogen) atoms. The summed E-state index contributed by atoms with van der Waals surface area (Å²) >= 11 is 0. The number of aromatic nitrogens is 2. The lowest BCUT2D eigenvalue weighted by atomic mass is 10.1. The molecule has 7 nitrogen and oxygen atoms in total. The van der Waals surface area contributed by atoms with Crippen molar-refractivity contribution in [2.24, 2.45) is 0 Å². The minimum atomic E-state index is -0.619. The lowest BCUT2D eigenvalue weighted by Crippen LogP contribution is -2.28. The first-order valence-electron chi connectivity index (χ1n) is 8.59. The molecule has 0 unspecified atom stereocenters. The van der Waals surface area contributed by atoms with Crippen molar-refractivity contribution in [3.05, 3.63) is 23.9 Å². The van der Waals surface area contributed by atoms with Gasteiger partial charge in [0.05, 0.1) is 25.6 Å². The Morgan fingerprint density at radius 1 is 1.23 bits per heavy atom. The molecule has 0 spiro atoms. The monoisotopic (exact) mass is 359 g/mol. The minimum Gasteiger partial charge on any atom is -0.497 e. The van der Waals surface area contributed by atoms with E-state index in [4.69, 9.17) is 19.9 Å². The number of benzene rings is 1. The van der Waals surface area contributed by atoms with E-state index in [-0.39, 0.29) is 5.92 Å². The molecule has 1 aliphatic rings. The summed E-state index contributed by atoms with van der Waals surface area (Å²) < 4.78 is 17.5. The van der Waals surface area contributed by atoms with E-state index in [1.165, 1.54) is 4.68 Å². The first-order chi connectivity index (χ1) is 12.2. The Morgan fingerprint density at radius 2 is 1.92 bits per heavy atom. The van der Waals surface area contributed by atoms with Crippen LogP contribution < -0.4 is 15.2 Å². The van der Waals surface area contributed by atoms with Gasteiger partial charge in [0.1, 0.15) is 22.8 Å². The molecule has 1 heterocycles. The summed E-state index contributed by atoms with van der Waals surface area (Å²) in [6.07, 6.45) is 1.43. The van der Waals surface area contributed by atoms with Gasteiger partial charge in [-0.05, 0) is 51.8 Å². The van der Waals surface area contributed by atoms with Gasteiger partial charge in [-0.15, -0.1) is 0 Å². The molecule has 1 aromatic heterocycles. The molecule has 0 atom stereocenters. The summed E-state index contributed by atoms with van der Waals surface area (Å²) in [4.78, 5) is 12.7. The van der Waals surface area contributed by atoms with Gasteiger partial charge in [-0.1, -0.05) is 0 Å². The van der Waals surface area contributed by atoms with Gasteiger partial charge in [-0.2, -0.15) is 9.78 Å². The van der Waals surface area contributed by atoms with Gasteiger partial charge in [0.25, 0.3) is 0 Å². The number of anilines is 1. The topological polar surface area (TPSA) is 88.6 Å². The van der Waals surface area contributed by atoms with Gasteiger partial charge in [0.15, 0.2) is 0 Å². The molecule has 0 radical (unpaired) electrons. The van der Waals surface area contributed by atoms with Crippen molar-refractivity contribution in [2.75, 3.05) is 20.0 Å². The quantitative estimate of drug-likeness (QED) is 0.893. The molecule has 0 saturated heterocycles. The molecule has 0 bridgehead atoms. The summed E-state index contributed by atoms with van der Waals surface area (Å²) in [7, 11) is 3.16. The second-order valence-corrected chi connectivity index (χ2v) is 7.38. The zero-order valence-electron chi connectivity index (χ0n) is 15.8. The molecule has 1 fully saturated rings. The van der Waals surface area contributed by atoms with Gasteiger partial charge in [-0.3, -0.25) is 0 Å². The normalized spacial score (nSPS) is 14.2. The fourth-order valence-corrected chi connectivity index (χ4v) is 2.84. The maximum Gasteiger partial charge on any atom is 0.435 e. The molecule has 7 heteroatoms. The van der Waals surface area contributed by atoms with Crippen LogP contribution in [0.1, 0.15) is 45.2 Å². The number of hydrogen-bond acceptors (Lipinski definition) is 6. The number of carbonyl (C=O) groups is 1. The summed E-state index contributed by atoms with van der Waals surface area (Å²) in [5.41, 5.74) is 8.14. The minimum absolute atomic E-state index is 0.223. The van der Waals surface area contributed by atoms with Crippen molar-refractivity contribution in [1.82, 2.24) is 9.78 Å². The molecule has 2 aromatic rings. The molecule has 2 N–H and O–H groups in total. The van der Waals surface area contributed by atoms with Crippen LogP contribution in [0, 0.1) is 0 Å². The lowest BCUT2D eigenvalue weighted by molar-refractivity contribution is 0.0510. The molecule has 1 aliphatic carbocycles. The van der Waals surface area contributed by atoms with Gasteiger partial charge in [-0.25, -0.2) is 4.79 Å². The Bertz CT molecular complexity index is 832. The van der Waals surface area contributed by atoms with E-state index in [1.54, 1.807) is 32.4 Å². The van der Waals surface area contributed by atoms with Crippen molar-refractivity contribution >= 4 is 11.8 Å². The van der Waals surface area contributed by atoms with Crippen LogP contribution in [0.25, 0.3) is 11.3 Å². The fraction of sp³-hybridized carbons (Fsp3) is 0.474. The van der Waals surface area contributed by atoms with Crippen molar-refractivity contribution in [3.8, 4) is 22.8 Å². The zero-order chi connectivity index (χ0) is 19.1. The maximum atomic E-state index is 12.7. The Hall–Kier alpha value is -2.70. The van der Waals surface area contributed by atoms with Crippen molar-refractivity contribution < 1.29 is 19.0 Å². The highest BCUT2D eigenvalue weighted by molar-refractivity contribution is 5.84. The van der Waals surface area contributed by atoms with E-state index in [0.29, 0.717) is 34.1 Å². The van der Waals surface area contributed by atoms with E-state index in [0.717, 1.165) is 12.8 Å². The van der Waals surface area contributed by atoms with Crippen LogP contribution in [0.2, 0.25) is 0 Å². The Balaban J connectivity index is 2.12. The van der Waals surface area contributed by atoms with Crippen molar-refractivity contribution in [3.63, 3.8) is 0 Å². The molecular weight excluding hydrogens is 334 g/mol. The number of hydrogen-bond donors (Lipinski definition) is 1. The maximum absolute atomic E-state index is 12.7. The molecule has 3 rings (SSSR count). The molecule has 0 aliphatic heterocycles. The van der Waals surface area contributed by atoms with Crippen LogP contribution in [0.5, 0.6) is 11.5 Å². The van der Waals surface area contributed by atoms with Gasteiger partial charge >= 0.3 is 6.09 Å². The smallest absolute Gasteiger partial charge is 0.435 e. The fourth-order valence-electron chi connectivity index (χ4n) is 2.84. The first-order valence-corrected chi connectivity index (χ1v) is 8.59. The molecular formula is C19H25N3O4. The van der Waals surface area contributed by atoms with E-state index in [9.17, 15) is 4.79 Å². The van der Waals surface area contributed by atoms with Crippen LogP contribution >= 0.6 is 0 Å². The number of nitrogen functional groups attached to an aromatic ring is 1. The van der Waals surface area contributed by atoms with Crippen molar-refractivity contribution in [1.29, 1.82) is 0 Å². The largest absolute Gasteiger partial charge is 0.497 e. The third-order valence-corrected chi connectivity index (χ3v) is 4.15. The summed E-state index contributed by atoms with van der Waals surface area (Å²) in [5.74, 6) is 1.48. The lowest BCUT2D eigenvalue weighted by Gasteiger charge is -2.19. The standard InChI is InChI=1S/C19H25N3O4/c1-19(2,3)26-18(23)22-17(11-6-7-11)15(20)16(21-22)13-10-12(24-4)8-9-14(13)25-5/h8-11H,6-7,20H2,1-5H3. The average Bonchev–Trinajstić information content (AvgIpc) is 3.35. The Kier molecular flexibility index (Phi) is 4.56. The number of ether oxygens (including phenoxy) is 3. The van der Waals surface area contributed by atoms with Gasteiger partial charge in [0, 0.05) is 11.5 Å². The summed E-state index contributed by atoms with van der Waals surface area (Å²) in [6.45, 7) is 5.46. The summed E-state index contributed by atoms with van der Waals surface area (Å²) in [5, 5.41) is 4.49. The zero-order valence-corrected chi connectivity index (χ0v) is 15.8. The number of nitrogens with two attached hydrogens (primary N) is 1. The van der Waals surface area contributed by atoms with Crippen LogP contribution in [0.4, 0.5) is 10.5 Å². The Morgan fingerprint density at radius 3 is 2.46 bits per heavy atom. The van der Waals surface area contributed by atoms with E-state index < -0.39 is 11.7 Å². The second-order valence-electron chi connectivity index (χ2n) is 7.38. The Labute approximate surface area is 153 Å². The first kappa shape index (κ1) is 18.1. The molecule has 1 aromatic carbocycles. The number of nitrogens with zero attached hydrogens (tertiary/aromatic N) is 2. The molecule has 0 amide bonds. The van der Waals surface area contributed by atoms with Crippen LogP contribution in [-0.4, -0.2) is 35.7 Å². The van der Waals surface area contributed by atoms with Gasteiger partial charge < -0.3 is 19.9 Å². The highest BCUT2D eigenvalue weighted by atomic mass is 16.6. The SMILES string of the molecule is COc1ccc(OC)c(-c2nn(C(=O)OC(C)(C)C)c(C3CC3)c2N)c1. The van der Waals surface area contributed by atoms with Gasteiger partial charge in [0.2, 0.25) is 0 Å². The van der Waals surface area contributed by atoms with Crippen LogP contribution in [0.15, 0.2) is 18.2 Å². The van der Waals surface area contributed by atoms with E-state index in [2.05, 4.69) is 5.10 Å². The number of rotatable bonds is 4. The third-order valence-electron chi connectivity index (χ3n) is 4.15. The van der Waals surface area contributed by atoms with E-state index in [1.807, 2.05) is 20.8 Å². The summed E-state index contributed by atoms with van der Waals surface area (Å²) in [6, 6.07) is 5.38. The highest BCUT2D eigenvalue weighted by Crippen LogP contribution is 2.47. The van der Waals surface area contributed by atoms with Crippen molar-refractivity contribution in [2.45, 2.75) is 45.1 Å².